The number of rotatable bonds is 0. The van der Waals surface area contributed by atoms with Crippen molar-refractivity contribution >= 4 is 5.91 Å². The summed E-state index contributed by atoms with van der Waals surface area (Å²) in [4.78, 5) is 11.3. The molecule has 0 bridgehead atoms. The highest BCUT2D eigenvalue weighted by atomic mass is 16.2. The highest BCUT2D eigenvalue weighted by Crippen LogP contribution is 2.33. The Morgan fingerprint density at radius 2 is 2.36 bits per heavy atom. The van der Waals surface area contributed by atoms with Gasteiger partial charge in [0.15, 0.2) is 0 Å². The van der Waals surface area contributed by atoms with Crippen molar-refractivity contribution in [1.29, 1.82) is 0 Å². The lowest BCUT2D eigenvalue weighted by Gasteiger charge is -2.30. The van der Waals surface area contributed by atoms with Crippen LogP contribution in [0.1, 0.15) is 19.3 Å². The molecule has 1 unspecified atom stereocenters. The van der Waals surface area contributed by atoms with Crippen molar-refractivity contribution < 1.29 is 4.79 Å². The van der Waals surface area contributed by atoms with Gasteiger partial charge in [-0.2, -0.15) is 0 Å². The van der Waals surface area contributed by atoms with E-state index in [0.29, 0.717) is 0 Å². The molecule has 1 amide bonds. The van der Waals surface area contributed by atoms with Gasteiger partial charge in [-0.3, -0.25) is 10.1 Å². The average Bonchev–Trinajstić information content (AvgIpc) is 2.36. The van der Waals surface area contributed by atoms with Gasteiger partial charge in [0.05, 0.1) is 5.41 Å². The second-order valence-electron chi connectivity index (χ2n) is 3.50. The first-order chi connectivity index (χ1) is 5.33. The number of carbonyl (C=O) groups is 1. The van der Waals surface area contributed by atoms with Crippen LogP contribution in [0, 0.1) is 5.41 Å². The highest BCUT2D eigenvalue weighted by molar-refractivity contribution is 5.84. The van der Waals surface area contributed by atoms with Gasteiger partial charge in [0.25, 0.3) is 0 Å². The van der Waals surface area contributed by atoms with Crippen LogP contribution in [0.5, 0.6) is 0 Å². The van der Waals surface area contributed by atoms with Crippen LogP contribution in [0.25, 0.3) is 0 Å². The third-order valence-corrected chi connectivity index (χ3v) is 2.77. The largest absolute Gasteiger partial charge is 0.316 e. The first kappa shape index (κ1) is 7.10. The minimum Gasteiger partial charge on any atom is -0.316 e. The molecule has 2 heterocycles. The van der Waals surface area contributed by atoms with Crippen LogP contribution in [0.3, 0.4) is 0 Å². The van der Waals surface area contributed by atoms with Crippen LogP contribution in [0.15, 0.2) is 0 Å². The van der Waals surface area contributed by atoms with Crippen molar-refractivity contribution in [2.45, 2.75) is 19.3 Å². The van der Waals surface area contributed by atoms with E-state index in [-0.39, 0.29) is 11.3 Å². The van der Waals surface area contributed by atoms with E-state index in [1.54, 1.807) is 0 Å². The topological polar surface area (TPSA) is 43.2 Å². The van der Waals surface area contributed by atoms with E-state index in [1.165, 1.54) is 0 Å². The van der Waals surface area contributed by atoms with Gasteiger partial charge in [-0.15, -0.1) is 0 Å². The fraction of sp³-hybridized carbons (Fsp3) is 0.875. The Hall–Kier alpha value is -0.570. The second kappa shape index (κ2) is 2.48. The summed E-state index contributed by atoms with van der Waals surface area (Å²) < 4.78 is 0. The summed E-state index contributed by atoms with van der Waals surface area (Å²) in [5, 5.41) is 7.20. The Labute approximate surface area is 66.5 Å². The molecule has 2 saturated heterocycles. The molecule has 2 fully saturated rings. The summed E-state index contributed by atoms with van der Waals surface area (Å²) in [6.07, 6.45) is 3.14. The van der Waals surface area contributed by atoms with E-state index in [9.17, 15) is 4.79 Å². The molecule has 0 aromatic heterocycles. The predicted octanol–water partition coefficient (Wildman–Crippen LogP) is -0.109. The van der Waals surface area contributed by atoms with Gasteiger partial charge in [-0.25, -0.2) is 0 Å². The molecule has 2 aliphatic heterocycles. The maximum atomic E-state index is 11.3. The number of hydrogen-bond donors (Lipinski definition) is 1. The fourth-order valence-corrected chi connectivity index (χ4v) is 2.01. The maximum Gasteiger partial charge on any atom is 0.248 e. The van der Waals surface area contributed by atoms with Crippen molar-refractivity contribution in [3.8, 4) is 0 Å². The first-order valence-electron chi connectivity index (χ1n) is 4.26. The monoisotopic (exact) mass is 153 g/mol. The van der Waals surface area contributed by atoms with Crippen molar-refractivity contribution in [1.82, 2.24) is 10.6 Å². The predicted molar refractivity (Wildman–Crippen MR) is 41.2 cm³/mol. The molecule has 1 atom stereocenters. The zero-order valence-corrected chi connectivity index (χ0v) is 6.60. The summed E-state index contributed by atoms with van der Waals surface area (Å²) in [6.45, 7) is 2.67. The summed E-state index contributed by atoms with van der Waals surface area (Å²) in [6, 6.07) is 0. The van der Waals surface area contributed by atoms with E-state index in [1.807, 2.05) is 0 Å². The van der Waals surface area contributed by atoms with E-state index < -0.39 is 0 Å². The standard InChI is InChI=1S/C8H13N2O/c11-7-8(3-5-10-7)2-1-4-9-6-8/h9H,1-6H2. The van der Waals surface area contributed by atoms with Crippen molar-refractivity contribution in [3.05, 3.63) is 0 Å². The molecular formula is C8H13N2O. The average molecular weight is 153 g/mol. The van der Waals surface area contributed by atoms with Gasteiger partial charge in [-0.1, -0.05) is 0 Å². The number of amides is 1. The molecular weight excluding hydrogens is 140 g/mol. The molecule has 0 aliphatic carbocycles. The normalized spacial score (nSPS) is 37.6. The Morgan fingerprint density at radius 3 is 2.91 bits per heavy atom. The van der Waals surface area contributed by atoms with Crippen LogP contribution >= 0.6 is 0 Å². The minimum absolute atomic E-state index is 0.0851. The Morgan fingerprint density at radius 1 is 1.45 bits per heavy atom. The Balaban J connectivity index is 2.12. The molecule has 1 spiro atoms. The van der Waals surface area contributed by atoms with Crippen LogP contribution < -0.4 is 10.6 Å². The van der Waals surface area contributed by atoms with Crippen molar-refractivity contribution in [3.63, 3.8) is 0 Å². The van der Waals surface area contributed by atoms with Gasteiger partial charge in [0.1, 0.15) is 0 Å². The number of carbonyl (C=O) groups excluding carboxylic acids is 1. The Kier molecular flexibility index (Phi) is 1.60. The molecule has 61 valence electrons. The number of nitrogens with zero attached hydrogens (tertiary/aromatic N) is 1. The molecule has 3 nitrogen and oxygen atoms in total. The summed E-state index contributed by atoms with van der Waals surface area (Å²) in [5.74, 6) is 0.143. The van der Waals surface area contributed by atoms with Gasteiger partial charge >= 0.3 is 0 Å². The van der Waals surface area contributed by atoms with Crippen molar-refractivity contribution in [2.24, 2.45) is 5.41 Å². The molecule has 1 N–H and O–H groups in total. The lowest BCUT2D eigenvalue weighted by Crippen LogP contribution is -2.43. The summed E-state index contributed by atoms with van der Waals surface area (Å²) in [7, 11) is 0. The van der Waals surface area contributed by atoms with Gasteiger partial charge in [-0.05, 0) is 25.8 Å². The van der Waals surface area contributed by atoms with E-state index in [2.05, 4.69) is 10.6 Å². The van der Waals surface area contributed by atoms with Crippen LogP contribution in [-0.4, -0.2) is 25.5 Å². The maximum absolute atomic E-state index is 11.3. The van der Waals surface area contributed by atoms with Crippen LogP contribution in [-0.2, 0) is 4.79 Å². The molecule has 1 radical (unpaired) electrons. The zero-order valence-electron chi connectivity index (χ0n) is 6.60. The third kappa shape index (κ3) is 1.03. The lowest BCUT2D eigenvalue weighted by atomic mass is 9.79. The Bertz CT molecular complexity index is 173. The van der Waals surface area contributed by atoms with E-state index >= 15 is 0 Å². The summed E-state index contributed by atoms with van der Waals surface area (Å²) >= 11 is 0. The van der Waals surface area contributed by atoms with Gasteiger partial charge in [0, 0.05) is 13.1 Å². The quantitative estimate of drug-likeness (QED) is 0.527. The van der Waals surface area contributed by atoms with Crippen LogP contribution in [0.4, 0.5) is 0 Å². The molecule has 0 aromatic carbocycles. The van der Waals surface area contributed by atoms with Crippen molar-refractivity contribution in [2.75, 3.05) is 19.6 Å². The molecule has 2 rings (SSSR count). The third-order valence-electron chi connectivity index (χ3n) is 2.77. The molecule has 3 heteroatoms. The fourth-order valence-electron chi connectivity index (χ4n) is 2.01. The second-order valence-corrected chi connectivity index (χ2v) is 3.50. The molecule has 2 aliphatic rings. The molecule has 0 aromatic rings. The highest BCUT2D eigenvalue weighted by Gasteiger charge is 2.43. The number of piperidine rings is 1. The SMILES string of the molecule is O=C1[N]CCC12CCCNC2. The van der Waals surface area contributed by atoms with Crippen LogP contribution in [0.2, 0.25) is 0 Å². The van der Waals surface area contributed by atoms with Gasteiger partial charge in [0.2, 0.25) is 5.91 Å². The van der Waals surface area contributed by atoms with E-state index in [0.717, 1.165) is 38.9 Å². The summed E-state index contributed by atoms with van der Waals surface area (Å²) in [5.41, 5.74) is -0.0851. The lowest BCUT2D eigenvalue weighted by molar-refractivity contribution is -0.128. The zero-order chi connectivity index (χ0) is 7.73. The van der Waals surface area contributed by atoms with Gasteiger partial charge < -0.3 is 5.32 Å². The number of nitrogens with one attached hydrogen (secondary N) is 1. The molecule has 0 saturated carbocycles. The first-order valence-corrected chi connectivity index (χ1v) is 4.26. The smallest absolute Gasteiger partial charge is 0.248 e. The minimum atomic E-state index is -0.0851. The number of hydrogen-bond acceptors (Lipinski definition) is 2. The van der Waals surface area contributed by atoms with E-state index in [4.69, 9.17) is 0 Å². The molecule has 11 heavy (non-hydrogen) atoms.